The van der Waals surface area contributed by atoms with Crippen LogP contribution < -0.4 is 4.74 Å². The van der Waals surface area contributed by atoms with Gasteiger partial charge in [-0.2, -0.15) is 5.10 Å². The first-order valence-electron chi connectivity index (χ1n) is 12.4. The molecule has 1 saturated heterocycles. The Kier molecular flexibility index (Phi) is 5.70. The highest BCUT2D eigenvalue weighted by Gasteiger charge is 2.48. The maximum atomic E-state index is 15.1. The van der Waals surface area contributed by atoms with Gasteiger partial charge in [-0.1, -0.05) is 28.1 Å². The van der Waals surface area contributed by atoms with Crippen LogP contribution in [-0.4, -0.2) is 46.7 Å². The van der Waals surface area contributed by atoms with Crippen molar-refractivity contribution in [2.75, 3.05) is 20.3 Å². The van der Waals surface area contributed by atoms with E-state index in [1.54, 1.807) is 7.11 Å². The molecule has 2 fully saturated rings. The van der Waals surface area contributed by atoms with Crippen molar-refractivity contribution in [1.29, 1.82) is 0 Å². The van der Waals surface area contributed by atoms with Crippen LogP contribution in [0.1, 0.15) is 68.0 Å². The van der Waals surface area contributed by atoms with Crippen LogP contribution in [0.4, 0.5) is 4.39 Å². The summed E-state index contributed by atoms with van der Waals surface area (Å²) >= 11 is 3.58. The molecular weight excluding hydrogens is 497 g/mol. The summed E-state index contributed by atoms with van der Waals surface area (Å²) < 4.78 is 30.0. The fourth-order valence-corrected chi connectivity index (χ4v) is 6.14. The van der Waals surface area contributed by atoms with E-state index in [2.05, 4.69) is 50.6 Å². The number of fused-ring (bicyclic) bond motifs is 3. The van der Waals surface area contributed by atoms with Crippen molar-refractivity contribution in [3.63, 3.8) is 0 Å². The molecule has 1 saturated carbocycles. The molecule has 180 valence electrons. The summed E-state index contributed by atoms with van der Waals surface area (Å²) in [5, 5.41) is 5.95. The van der Waals surface area contributed by atoms with Crippen LogP contribution in [0.3, 0.4) is 0 Å². The monoisotopic (exact) mass is 527 g/mol. The van der Waals surface area contributed by atoms with E-state index >= 15 is 4.39 Å². The second-order valence-electron chi connectivity index (χ2n) is 10.1. The molecule has 6 rings (SSSR count). The molecule has 0 N–H and O–H groups in total. The SMILES string of the molecule is COc1cc(Br)ccc1[C@@H]1c2ccc3c(cnn3[C@H]3CCCCO3)c2C[C@@H](C)N1CC1(F)CC1. The normalized spacial score (nSPS) is 26.4. The highest BCUT2D eigenvalue weighted by molar-refractivity contribution is 9.10. The van der Waals surface area contributed by atoms with Crippen LogP contribution in [0.15, 0.2) is 41.0 Å². The summed E-state index contributed by atoms with van der Waals surface area (Å²) in [7, 11) is 1.71. The van der Waals surface area contributed by atoms with E-state index in [9.17, 15) is 0 Å². The van der Waals surface area contributed by atoms with Crippen LogP contribution in [0.2, 0.25) is 0 Å². The number of hydrogen-bond donors (Lipinski definition) is 0. The number of halogens is 2. The number of ether oxygens (including phenoxy) is 2. The van der Waals surface area contributed by atoms with Gasteiger partial charge in [0.05, 0.1) is 24.9 Å². The molecule has 3 heterocycles. The quantitative estimate of drug-likeness (QED) is 0.387. The molecule has 1 aliphatic carbocycles. The lowest BCUT2D eigenvalue weighted by Crippen LogP contribution is -2.46. The summed E-state index contributed by atoms with van der Waals surface area (Å²) in [6.45, 7) is 3.46. The molecule has 0 unspecified atom stereocenters. The van der Waals surface area contributed by atoms with E-state index in [0.29, 0.717) is 19.4 Å². The molecule has 0 amide bonds. The van der Waals surface area contributed by atoms with E-state index in [0.717, 1.165) is 47.2 Å². The molecule has 3 atom stereocenters. The lowest BCUT2D eigenvalue weighted by Gasteiger charge is -2.43. The van der Waals surface area contributed by atoms with E-state index in [-0.39, 0.29) is 18.3 Å². The molecule has 7 heteroatoms. The highest BCUT2D eigenvalue weighted by Crippen LogP contribution is 2.48. The van der Waals surface area contributed by atoms with Crippen molar-refractivity contribution < 1.29 is 13.9 Å². The largest absolute Gasteiger partial charge is 0.496 e. The molecule has 2 aliphatic heterocycles. The average Bonchev–Trinajstić information content (AvgIpc) is 3.41. The fraction of sp³-hybridized carbons (Fsp3) is 0.519. The zero-order chi connectivity index (χ0) is 23.4. The molecule has 0 bridgehead atoms. The maximum Gasteiger partial charge on any atom is 0.150 e. The summed E-state index contributed by atoms with van der Waals surface area (Å²) in [4.78, 5) is 2.35. The van der Waals surface area contributed by atoms with E-state index in [4.69, 9.17) is 14.6 Å². The number of aromatic nitrogens is 2. The summed E-state index contributed by atoms with van der Waals surface area (Å²) in [6.07, 6.45) is 7.46. The van der Waals surface area contributed by atoms with Gasteiger partial charge in [-0.3, -0.25) is 4.90 Å². The number of alkyl halides is 1. The van der Waals surface area contributed by atoms with Gasteiger partial charge in [0.1, 0.15) is 11.4 Å². The lowest BCUT2D eigenvalue weighted by atomic mass is 9.83. The van der Waals surface area contributed by atoms with Crippen molar-refractivity contribution in [1.82, 2.24) is 14.7 Å². The van der Waals surface area contributed by atoms with Crippen LogP contribution >= 0.6 is 15.9 Å². The summed E-state index contributed by atoms with van der Waals surface area (Å²) in [6, 6.07) is 10.7. The number of rotatable bonds is 5. The molecule has 1 aromatic heterocycles. The standard InChI is InChI=1S/C27H31BrFN3O2/c1-17-13-21-19(8-9-23-22(21)15-30-32(23)25-5-3-4-12-34-25)26(31(17)16-27(29)10-11-27)20-7-6-18(28)14-24(20)33-2/h6-9,14-15,17,25-26H,3-5,10-13,16H2,1-2H3/t17-,25-,26+/m1/s1. The zero-order valence-corrected chi connectivity index (χ0v) is 21.4. The van der Waals surface area contributed by atoms with Crippen molar-refractivity contribution in [2.45, 2.75) is 69.4 Å². The Morgan fingerprint density at radius 2 is 2.03 bits per heavy atom. The minimum absolute atomic E-state index is 0.00504. The van der Waals surface area contributed by atoms with Crippen molar-refractivity contribution >= 4 is 26.8 Å². The number of nitrogens with zero attached hydrogens (tertiary/aromatic N) is 3. The van der Waals surface area contributed by atoms with Crippen LogP contribution in [0, 0.1) is 0 Å². The van der Waals surface area contributed by atoms with Gasteiger partial charge < -0.3 is 9.47 Å². The van der Waals surface area contributed by atoms with Gasteiger partial charge in [0.15, 0.2) is 6.23 Å². The maximum absolute atomic E-state index is 15.1. The van der Waals surface area contributed by atoms with Crippen LogP contribution in [-0.2, 0) is 11.2 Å². The second-order valence-corrected chi connectivity index (χ2v) is 11.1. The molecule has 0 spiro atoms. The first-order valence-corrected chi connectivity index (χ1v) is 13.2. The Morgan fingerprint density at radius 1 is 1.21 bits per heavy atom. The number of methoxy groups -OCH3 is 1. The van der Waals surface area contributed by atoms with Gasteiger partial charge in [-0.15, -0.1) is 0 Å². The zero-order valence-electron chi connectivity index (χ0n) is 19.8. The molecular formula is C27H31BrFN3O2. The Balaban J connectivity index is 1.49. The number of benzene rings is 2. The highest BCUT2D eigenvalue weighted by atomic mass is 79.9. The van der Waals surface area contributed by atoms with Crippen molar-refractivity contribution in [3.05, 3.63) is 57.7 Å². The summed E-state index contributed by atoms with van der Waals surface area (Å²) in [5.74, 6) is 0.819. The third-order valence-corrected chi connectivity index (χ3v) is 8.29. The predicted octanol–water partition coefficient (Wildman–Crippen LogP) is 6.34. The molecule has 34 heavy (non-hydrogen) atoms. The third kappa shape index (κ3) is 3.86. The van der Waals surface area contributed by atoms with E-state index in [1.807, 2.05) is 18.3 Å². The Labute approximate surface area is 208 Å². The summed E-state index contributed by atoms with van der Waals surface area (Å²) in [5.41, 5.74) is 3.66. The molecule has 3 aromatic rings. The average molecular weight is 528 g/mol. The molecule has 0 radical (unpaired) electrons. The Bertz CT molecular complexity index is 1220. The molecule has 5 nitrogen and oxygen atoms in total. The fourth-order valence-electron chi connectivity index (χ4n) is 5.80. The van der Waals surface area contributed by atoms with Gasteiger partial charge >= 0.3 is 0 Å². The first-order chi connectivity index (χ1) is 16.5. The number of hydrogen-bond acceptors (Lipinski definition) is 4. The van der Waals surface area contributed by atoms with E-state index < -0.39 is 5.67 Å². The lowest BCUT2D eigenvalue weighted by molar-refractivity contribution is -0.0366. The Morgan fingerprint density at radius 3 is 2.76 bits per heavy atom. The van der Waals surface area contributed by atoms with Gasteiger partial charge in [0, 0.05) is 34.6 Å². The van der Waals surface area contributed by atoms with Crippen molar-refractivity contribution in [3.8, 4) is 5.75 Å². The minimum atomic E-state index is -1.07. The smallest absolute Gasteiger partial charge is 0.150 e. The van der Waals surface area contributed by atoms with Gasteiger partial charge in [-0.25, -0.2) is 9.07 Å². The first kappa shape index (κ1) is 22.5. The van der Waals surface area contributed by atoms with Gasteiger partial charge in [-0.05, 0) is 74.8 Å². The molecule has 3 aliphatic rings. The second kappa shape index (κ2) is 8.61. The predicted molar refractivity (Wildman–Crippen MR) is 134 cm³/mol. The van der Waals surface area contributed by atoms with E-state index in [1.165, 1.54) is 22.9 Å². The van der Waals surface area contributed by atoms with Gasteiger partial charge in [0.25, 0.3) is 0 Å². The van der Waals surface area contributed by atoms with Crippen LogP contribution in [0.25, 0.3) is 10.9 Å². The van der Waals surface area contributed by atoms with Gasteiger partial charge in [0.2, 0.25) is 0 Å². The Hall–Kier alpha value is -1.96. The van der Waals surface area contributed by atoms with Crippen LogP contribution in [0.5, 0.6) is 5.75 Å². The minimum Gasteiger partial charge on any atom is -0.496 e. The third-order valence-electron chi connectivity index (χ3n) is 7.80. The topological polar surface area (TPSA) is 39.5 Å². The molecule has 2 aromatic carbocycles. The van der Waals surface area contributed by atoms with Crippen molar-refractivity contribution in [2.24, 2.45) is 0 Å².